The molecule has 0 aliphatic rings. The molecule has 7 heteroatoms. The normalized spacial score (nSPS) is 10.8. The summed E-state index contributed by atoms with van der Waals surface area (Å²) in [5.41, 5.74) is 2.44. The summed E-state index contributed by atoms with van der Waals surface area (Å²) in [5.74, 6) is 0.937. The van der Waals surface area contributed by atoms with Gasteiger partial charge in [-0.05, 0) is 60.0 Å². The molecular formula is C26H21ClO6. The zero-order valence-electron chi connectivity index (χ0n) is 18.3. The summed E-state index contributed by atoms with van der Waals surface area (Å²) in [6.45, 7) is 1.84. The third-order valence-electron chi connectivity index (χ3n) is 5.30. The number of aryl methyl sites for hydroxylation is 1. The number of methoxy groups -OCH3 is 2. The third kappa shape index (κ3) is 4.71. The second-order valence-electron chi connectivity index (χ2n) is 7.39. The van der Waals surface area contributed by atoms with Crippen molar-refractivity contribution in [1.29, 1.82) is 0 Å². The third-order valence-corrected chi connectivity index (χ3v) is 5.56. The Kier molecular flexibility index (Phi) is 6.38. The number of esters is 1. The lowest BCUT2D eigenvalue weighted by Gasteiger charge is -2.12. The van der Waals surface area contributed by atoms with Gasteiger partial charge in [0.05, 0.1) is 26.2 Å². The maximum Gasteiger partial charge on any atom is 0.344 e. The van der Waals surface area contributed by atoms with E-state index in [4.69, 9.17) is 30.2 Å². The van der Waals surface area contributed by atoms with Crippen LogP contribution in [0.1, 0.15) is 11.1 Å². The highest BCUT2D eigenvalue weighted by Gasteiger charge is 2.17. The molecule has 0 aliphatic heterocycles. The van der Waals surface area contributed by atoms with Crippen molar-refractivity contribution in [3.63, 3.8) is 0 Å². The minimum atomic E-state index is -0.503. The average Bonchev–Trinajstić information content (AvgIpc) is 2.80. The molecule has 0 saturated carbocycles. The van der Waals surface area contributed by atoms with E-state index >= 15 is 0 Å². The SMILES string of the molecule is COc1ccc(-c2c(C)c3ccc(OC(=O)Cc4ccc(Cl)cc4)cc3oc2=O)cc1OC. The van der Waals surface area contributed by atoms with E-state index < -0.39 is 11.6 Å². The van der Waals surface area contributed by atoms with Gasteiger partial charge in [0.25, 0.3) is 0 Å². The van der Waals surface area contributed by atoms with Gasteiger partial charge in [-0.3, -0.25) is 4.79 Å². The number of ether oxygens (including phenoxy) is 3. The fraction of sp³-hybridized carbons (Fsp3) is 0.154. The Hall–Kier alpha value is -3.77. The van der Waals surface area contributed by atoms with Gasteiger partial charge in [0.1, 0.15) is 11.3 Å². The summed E-state index contributed by atoms with van der Waals surface area (Å²) < 4.78 is 21.6. The van der Waals surface area contributed by atoms with Gasteiger partial charge in [-0.15, -0.1) is 0 Å². The van der Waals surface area contributed by atoms with Crippen LogP contribution in [0, 0.1) is 6.92 Å². The molecule has 0 radical (unpaired) electrons. The molecule has 3 aromatic carbocycles. The van der Waals surface area contributed by atoms with E-state index in [-0.39, 0.29) is 6.42 Å². The van der Waals surface area contributed by atoms with Crippen LogP contribution in [0.2, 0.25) is 5.02 Å². The van der Waals surface area contributed by atoms with E-state index in [0.29, 0.717) is 39.0 Å². The lowest BCUT2D eigenvalue weighted by Crippen LogP contribution is -2.11. The maximum absolute atomic E-state index is 12.9. The van der Waals surface area contributed by atoms with Gasteiger partial charge >= 0.3 is 11.6 Å². The molecule has 4 rings (SSSR count). The molecule has 168 valence electrons. The Labute approximate surface area is 195 Å². The van der Waals surface area contributed by atoms with Gasteiger partial charge in [-0.25, -0.2) is 4.79 Å². The number of fused-ring (bicyclic) bond motifs is 1. The molecule has 0 N–H and O–H groups in total. The second-order valence-corrected chi connectivity index (χ2v) is 7.83. The zero-order valence-corrected chi connectivity index (χ0v) is 19.1. The van der Waals surface area contributed by atoms with E-state index in [0.717, 1.165) is 16.5 Å². The molecular weight excluding hydrogens is 444 g/mol. The van der Waals surface area contributed by atoms with Gasteiger partial charge in [-0.1, -0.05) is 29.8 Å². The van der Waals surface area contributed by atoms with Crippen LogP contribution in [0.15, 0.2) is 69.9 Å². The highest BCUT2D eigenvalue weighted by atomic mass is 35.5. The van der Waals surface area contributed by atoms with Crippen molar-refractivity contribution in [1.82, 2.24) is 0 Å². The Bertz CT molecular complexity index is 1390. The van der Waals surface area contributed by atoms with Crippen LogP contribution < -0.4 is 19.8 Å². The quantitative estimate of drug-likeness (QED) is 0.210. The smallest absolute Gasteiger partial charge is 0.344 e. The molecule has 6 nitrogen and oxygen atoms in total. The molecule has 0 spiro atoms. The number of rotatable bonds is 6. The van der Waals surface area contributed by atoms with Gasteiger partial charge in [0, 0.05) is 16.5 Å². The lowest BCUT2D eigenvalue weighted by atomic mass is 9.99. The van der Waals surface area contributed by atoms with Gasteiger partial charge in [0.15, 0.2) is 11.5 Å². The molecule has 0 unspecified atom stereocenters. The molecule has 0 bridgehead atoms. The minimum absolute atomic E-state index is 0.0937. The van der Waals surface area contributed by atoms with E-state index in [1.807, 2.05) is 6.92 Å². The fourth-order valence-electron chi connectivity index (χ4n) is 3.66. The monoisotopic (exact) mass is 464 g/mol. The van der Waals surface area contributed by atoms with Crippen LogP contribution in [0.25, 0.3) is 22.1 Å². The van der Waals surface area contributed by atoms with E-state index in [2.05, 4.69) is 0 Å². The van der Waals surface area contributed by atoms with Crippen molar-refractivity contribution >= 4 is 28.5 Å². The standard InChI is InChI=1S/C26H21ClO6/c1-15-20-10-9-19(32-24(28)12-16-4-7-18(27)8-5-16)14-22(20)33-26(29)25(15)17-6-11-21(30-2)23(13-17)31-3/h4-11,13-14H,12H2,1-3H3. The molecule has 0 amide bonds. The van der Waals surface area contributed by atoms with E-state index in [9.17, 15) is 9.59 Å². The van der Waals surface area contributed by atoms with Gasteiger partial charge in [0.2, 0.25) is 0 Å². The van der Waals surface area contributed by atoms with Crippen LogP contribution in [-0.2, 0) is 11.2 Å². The Morgan fingerprint density at radius 1 is 0.939 bits per heavy atom. The first-order chi connectivity index (χ1) is 15.9. The minimum Gasteiger partial charge on any atom is -0.493 e. The number of hydrogen-bond donors (Lipinski definition) is 0. The Balaban J connectivity index is 1.64. The average molecular weight is 465 g/mol. The molecule has 33 heavy (non-hydrogen) atoms. The largest absolute Gasteiger partial charge is 0.493 e. The topological polar surface area (TPSA) is 75.0 Å². The van der Waals surface area contributed by atoms with Gasteiger partial charge in [-0.2, -0.15) is 0 Å². The van der Waals surface area contributed by atoms with E-state index in [1.165, 1.54) is 7.11 Å². The van der Waals surface area contributed by atoms with Crippen molar-refractivity contribution < 1.29 is 23.4 Å². The first-order valence-corrected chi connectivity index (χ1v) is 10.5. The lowest BCUT2D eigenvalue weighted by molar-refractivity contribution is -0.133. The van der Waals surface area contributed by atoms with Crippen molar-refractivity contribution in [2.24, 2.45) is 0 Å². The fourth-order valence-corrected chi connectivity index (χ4v) is 3.79. The van der Waals surface area contributed by atoms with Gasteiger partial charge < -0.3 is 18.6 Å². The summed E-state index contributed by atoms with van der Waals surface area (Å²) in [5, 5.41) is 1.33. The highest BCUT2D eigenvalue weighted by Crippen LogP contribution is 2.34. The number of hydrogen-bond acceptors (Lipinski definition) is 6. The summed E-state index contributed by atoms with van der Waals surface area (Å²) in [4.78, 5) is 25.2. The van der Waals surface area contributed by atoms with Crippen LogP contribution in [0.5, 0.6) is 17.2 Å². The first kappa shape index (κ1) is 22.4. The summed E-state index contributed by atoms with van der Waals surface area (Å²) in [6, 6.07) is 17.2. The van der Waals surface area contributed by atoms with E-state index in [1.54, 1.807) is 67.8 Å². The Morgan fingerprint density at radius 3 is 2.36 bits per heavy atom. The summed E-state index contributed by atoms with van der Waals surface area (Å²) >= 11 is 5.87. The highest BCUT2D eigenvalue weighted by molar-refractivity contribution is 6.30. The molecule has 1 heterocycles. The number of halogens is 1. The van der Waals surface area contributed by atoms with Crippen molar-refractivity contribution in [2.75, 3.05) is 14.2 Å². The van der Waals surface area contributed by atoms with Crippen molar-refractivity contribution in [3.05, 3.63) is 87.2 Å². The van der Waals surface area contributed by atoms with Crippen molar-refractivity contribution in [3.8, 4) is 28.4 Å². The van der Waals surface area contributed by atoms with Crippen LogP contribution in [0.4, 0.5) is 0 Å². The molecule has 0 aliphatic carbocycles. The number of benzene rings is 3. The molecule has 0 fully saturated rings. The molecule has 0 saturated heterocycles. The van der Waals surface area contributed by atoms with Crippen LogP contribution >= 0.6 is 11.6 Å². The predicted molar refractivity (Wildman–Crippen MR) is 127 cm³/mol. The predicted octanol–water partition coefficient (Wildman–Crippen LogP) is 5.59. The second kappa shape index (κ2) is 9.38. The van der Waals surface area contributed by atoms with Crippen LogP contribution in [-0.4, -0.2) is 20.2 Å². The number of carbonyl (C=O) groups excluding carboxylic acids is 1. The molecule has 0 atom stereocenters. The maximum atomic E-state index is 12.9. The first-order valence-electron chi connectivity index (χ1n) is 10.1. The molecule has 1 aromatic heterocycles. The zero-order chi connectivity index (χ0) is 23.5. The summed E-state index contributed by atoms with van der Waals surface area (Å²) in [7, 11) is 3.08. The Morgan fingerprint density at radius 2 is 1.67 bits per heavy atom. The van der Waals surface area contributed by atoms with Crippen LogP contribution in [0.3, 0.4) is 0 Å². The summed E-state index contributed by atoms with van der Waals surface area (Å²) in [6.07, 6.45) is 0.0937. The number of carbonyl (C=O) groups is 1. The van der Waals surface area contributed by atoms with Crippen molar-refractivity contribution in [2.45, 2.75) is 13.3 Å². The molecule has 4 aromatic rings.